The summed E-state index contributed by atoms with van der Waals surface area (Å²) < 4.78 is 38.5. The zero-order chi connectivity index (χ0) is 34.3. The molecule has 3 aliphatic heterocycles. The molecule has 2 fully saturated rings. The lowest BCUT2D eigenvalue weighted by Crippen LogP contribution is -2.42. The van der Waals surface area contributed by atoms with Gasteiger partial charge >= 0.3 is 5.69 Å². The molecule has 1 atom stereocenters. The summed E-state index contributed by atoms with van der Waals surface area (Å²) in [5.74, 6) is 0. The van der Waals surface area contributed by atoms with Crippen LogP contribution >= 0.6 is 27.5 Å². The highest BCUT2D eigenvalue weighted by Crippen LogP contribution is 2.32. The molecule has 5 heterocycles. The van der Waals surface area contributed by atoms with Crippen molar-refractivity contribution in [2.75, 3.05) is 65.3 Å². The van der Waals surface area contributed by atoms with Gasteiger partial charge < -0.3 is 14.7 Å². The Morgan fingerprint density at radius 1 is 0.980 bits per heavy atom. The highest BCUT2D eigenvalue weighted by atomic mass is 79.9. The second-order valence-electron chi connectivity index (χ2n) is 13.4. The lowest BCUT2D eigenvalue weighted by molar-refractivity contribution is 0.0363. The van der Waals surface area contributed by atoms with Crippen molar-refractivity contribution in [1.82, 2.24) is 33.0 Å². The topological polar surface area (TPSA) is 118 Å². The maximum absolute atomic E-state index is 13.9. The molecular formula is C34H43BrClN7O5S. The summed E-state index contributed by atoms with van der Waals surface area (Å²) >= 11 is 9.92. The van der Waals surface area contributed by atoms with E-state index in [-0.39, 0.29) is 18.3 Å². The Labute approximate surface area is 300 Å². The number of sulfonamides is 1. The molecule has 1 N–H and O–H groups in total. The average Bonchev–Trinajstić information content (AvgIpc) is 3.57. The third-order valence-corrected chi connectivity index (χ3v) is 12.1. The van der Waals surface area contributed by atoms with E-state index < -0.39 is 16.1 Å². The molecule has 15 heteroatoms. The molecule has 4 aromatic rings. The standard InChI is InChI=1S/C34H43BrClN7O5S/c1-49(46,47)40-13-10-30-29(23-40)33(24-2-4-25(35)5-3-24)37-42(30)22-28(44)21-39-11-8-27(9-12-39)43-32-20-26(36)6-7-31(32)41(34(43)45)15-14-38-16-18-48-19-17-38/h2-7,20,27-28,44H,8-19,21-23H2,1H3. The van der Waals surface area contributed by atoms with Gasteiger partial charge in [-0.1, -0.05) is 39.7 Å². The number of hydrogen-bond donors (Lipinski definition) is 1. The highest BCUT2D eigenvalue weighted by molar-refractivity contribution is 9.10. The predicted molar refractivity (Wildman–Crippen MR) is 194 cm³/mol. The molecule has 1 unspecified atom stereocenters. The van der Waals surface area contributed by atoms with Crippen LogP contribution in [-0.4, -0.2) is 118 Å². The molecule has 0 radical (unpaired) electrons. The summed E-state index contributed by atoms with van der Waals surface area (Å²) in [5, 5.41) is 16.9. The maximum Gasteiger partial charge on any atom is 0.329 e. The van der Waals surface area contributed by atoms with E-state index in [1.54, 1.807) is 0 Å². The van der Waals surface area contributed by atoms with Gasteiger partial charge in [-0.05, 0) is 43.2 Å². The van der Waals surface area contributed by atoms with Crippen molar-refractivity contribution in [2.45, 2.75) is 51.0 Å². The lowest BCUT2D eigenvalue weighted by Gasteiger charge is -2.33. The first-order chi connectivity index (χ1) is 23.5. The van der Waals surface area contributed by atoms with Crippen LogP contribution in [-0.2, 0) is 40.8 Å². The summed E-state index contributed by atoms with van der Waals surface area (Å²) in [6.07, 6.45) is 2.67. The van der Waals surface area contributed by atoms with E-state index >= 15 is 0 Å². The number of hydrogen-bond acceptors (Lipinski definition) is 8. The fourth-order valence-corrected chi connectivity index (χ4v) is 8.76. The Balaban J connectivity index is 1.03. The fourth-order valence-electron chi connectivity index (χ4n) is 7.54. The number of morpholine rings is 1. The second kappa shape index (κ2) is 14.6. The van der Waals surface area contributed by atoms with Crippen LogP contribution in [0.5, 0.6) is 0 Å². The Kier molecular flexibility index (Phi) is 10.4. The summed E-state index contributed by atoms with van der Waals surface area (Å²) in [7, 11) is -3.36. The summed E-state index contributed by atoms with van der Waals surface area (Å²) in [4.78, 5) is 18.5. The largest absolute Gasteiger partial charge is 0.390 e. The summed E-state index contributed by atoms with van der Waals surface area (Å²) in [6, 6.07) is 13.6. The van der Waals surface area contributed by atoms with Crippen molar-refractivity contribution in [3.05, 3.63) is 73.7 Å². The molecule has 49 heavy (non-hydrogen) atoms. The van der Waals surface area contributed by atoms with Gasteiger partial charge in [-0.3, -0.25) is 18.7 Å². The normalized spacial score (nSPS) is 19.4. The SMILES string of the molecule is CS(=O)(=O)N1CCc2c(c(-c3ccc(Br)cc3)nn2CC(O)CN2CCC(n3c(=O)n(CCN4CCOCC4)c4ccc(Cl)cc43)CC2)C1. The van der Waals surface area contributed by atoms with E-state index in [1.807, 2.05) is 56.3 Å². The first-order valence-corrected chi connectivity index (χ1v) is 20.0. The van der Waals surface area contributed by atoms with Gasteiger partial charge in [0.05, 0.1) is 48.8 Å². The number of piperidine rings is 1. The average molecular weight is 777 g/mol. The Morgan fingerprint density at radius 3 is 2.43 bits per heavy atom. The van der Waals surface area contributed by atoms with Gasteiger partial charge in [0.1, 0.15) is 0 Å². The van der Waals surface area contributed by atoms with Gasteiger partial charge in [-0.2, -0.15) is 9.40 Å². The van der Waals surface area contributed by atoms with Crippen molar-refractivity contribution in [1.29, 1.82) is 0 Å². The zero-order valence-electron chi connectivity index (χ0n) is 27.7. The van der Waals surface area contributed by atoms with Crippen molar-refractivity contribution in [2.24, 2.45) is 0 Å². The van der Waals surface area contributed by atoms with E-state index in [9.17, 15) is 18.3 Å². The second-order valence-corrected chi connectivity index (χ2v) is 16.7. The van der Waals surface area contributed by atoms with Crippen LogP contribution in [0.2, 0.25) is 5.02 Å². The fraction of sp³-hybridized carbons (Fsp3) is 0.529. The van der Waals surface area contributed by atoms with Crippen LogP contribution in [0.1, 0.15) is 30.1 Å². The number of aliphatic hydroxyl groups is 1. The highest BCUT2D eigenvalue weighted by Gasteiger charge is 2.31. The number of benzene rings is 2. The Hall–Kier alpha value is -2.56. The van der Waals surface area contributed by atoms with Crippen molar-refractivity contribution >= 4 is 48.6 Å². The quantitative estimate of drug-likeness (QED) is 0.261. The van der Waals surface area contributed by atoms with Gasteiger partial charge in [0, 0.05) is 97.7 Å². The smallest absolute Gasteiger partial charge is 0.329 e. The van der Waals surface area contributed by atoms with Gasteiger partial charge in [-0.25, -0.2) is 13.2 Å². The molecule has 0 amide bonds. The van der Waals surface area contributed by atoms with Crippen molar-refractivity contribution in [3.63, 3.8) is 0 Å². The third-order valence-electron chi connectivity index (χ3n) is 10.1. The molecular weight excluding hydrogens is 734 g/mol. The van der Waals surface area contributed by atoms with Crippen LogP contribution in [0.3, 0.4) is 0 Å². The van der Waals surface area contributed by atoms with Crippen molar-refractivity contribution in [3.8, 4) is 11.3 Å². The van der Waals surface area contributed by atoms with Gasteiger partial charge in [0.2, 0.25) is 10.0 Å². The molecule has 7 rings (SSSR count). The van der Waals surface area contributed by atoms with E-state index in [2.05, 4.69) is 25.7 Å². The van der Waals surface area contributed by atoms with Crippen LogP contribution in [0, 0.1) is 0 Å². The van der Waals surface area contributed by atoms with Gasteiger partial charge in [0.15, 0.2) is 0 Å². The van der Waals surface area contributed by atoms with E-state index in [4.69, 9.17) is 21.4 Å². The van der Waals surface area contributed by atoms with E-state index in [1.165, 1.54) is 10.6 Å². The number of β-amino-alcohol motifs (C(OH)–C–C–N with tert-alkyl or cyclic N) is 1. The molecule has 2 aromatic heterocycles. The zero-order valence-corrected chi connectivity index (χ0v) is 30.8. The van der Waals surface area contributed by atoms with Crippen LogP contribution in [0.15, 0.2) is 51.7 Å². The van der Waals surface area contributed by atoms with E-state index in [0.717, 1.165) is 96.8 Å². The molecule has 0 saturated carbocycles. The number of halogens is 2. The molecule has 2 aromatic carbocycles. The van der Waals surface area contributed by atoms with Gasteiger partial charge in [0.25, 0.3) is 0 Å². The van der Waals surface area contributed by atoms with Gasteiger partial charge in [-0.15, -0.1) is 0 Å². The summed E-state index contributed by atoms with van der Waals surface area (Å²) in [6.45, 7) is 7.54. The Morgan fingerprint density at radius 2 is 1.71 bits per heavy atom. The van der Waals surface area contributed by atoms with Crippen LogP contribution < -0.4 is 5.69 Å². The minimum atomic E-state index is -3.36. The number of likely N-dealkylation sites (tertiary alicyclic amines) is 1. The summed E-state index contributed by atoms with van der Waals surface area (Å²) in [5.41, 5.74) is 5.30. The number of fused-ring (bicyclic) bond motifs is 2. The number of aliphatic hydroxyl groups excluding tert-OH is 1. The molecule has 0 bridgehead atoms. The minimum Gasteiger partial charge on any atom is -0.390 e. The van der Waals surface area contributed by atoms with E-state index in [0.29, 0.717) is 37.6 Å². The van der Waals surface area contributed by atoms with Crippen LogP contribution in [0.25, 0.3) is 22.3 Å². The molecule has 0 spiro atoms. The molecule has 264 valence electrons. The number of aromatic nitrogens is 4. The van der Waals surface area contributed by atoms with Crippen molar-refractivity contribution < 1.29 is 18.3 Å². The number of imidazole rings is 1. The maximum atomic E-state index is 13.9. The monoisotopic (exact) mass is 775 g/mol. The molecule has 2 saturated heterocycles. The first-order valence-electron chi connectivity index (χ1n) is 17.0. The molecule has 0 aliphatic carbocycles. The minimum absolute atomic E-state index is 0.00323. The number of rotatable bonds is 10. The molecule has 3 aliphatic rings. The number of ether oxygens (including phenoxy) is 1. The Bertz CT molecular complexity index is 1960. The molecule has 12 nitrogen and oxygen atoms in total. The third kappa shape index (κ3) is 7.57. The predicted octanol–water partition coefficient (Wildman–Crippen LogP) is 3.43. The number of nitrogens with zero attached hydrogens (tertiary/aromatic N) is 7. The van der Waals surface area contributed by atoms with Crippen LogP contribution in [0.4, 0.5) is 0 Å². The first kappa shape index (κ1) is 34.9. The lowest BCUT2D eigenvalue weighted by atomic mass is 10.0.